The average Bonchev–Trinajstić information content (AvgIpc) is 3.24. The van der Waals surface area contributed by atoms with Gasteiger partial charge >= 0.3 is 0 Å². The molecule has 0 fully saturated rings. The van der Waals surface area contributed by atoms with Crippen LogP contribution in [0.3, 0.4) is 0 Å². The molecule has 162 valence electrons. The zero-order valence-electron chi connectivity index (χ0n) is 17.1. The van der Waals surface area contributed by atoms with Crippen molar-refractivity contribution in [3.05, 3.63) is 58.9 Å². The normalized spacial score (nSPS) is 10.5. The summed E-state index contributed by atoms with van der Waals surface area (Å²) in [5.74, 6) is 1.27. The first-order chi connectivity index (χ1) is 15.0. The summed E-state index contributed by atoms with van der Waals surface area (Å²) in [4.78, 5) is 28.3. The van der Waals surface area contributed by atoms with Gasteiger partial charge in [-0.25, -0.2) is 0 Å². The first-order valence-corrected chi connectivity index (χ1v) is 10.7. The van der Waals surface area contributed by atoms with Gasteiger partial charge in [0.1, 0.15) is 5.75 Å². The zero-order valence-corrected chi connectivity index (χ0v) is 18.6. The summed E-state index contributed by atoms with van der Waals surface area (Å²) in [5.41, 5.74) is 1.51. The van der Waals surface area contributed by atoms with E-state index in [1.54, 1.807) is 12.1 Å². The molecule has 0 aliphatic rings. The van der Waals surface area contributed by atoms with Crippen molar-refractivity contribution in [1.29, 1.82) is 0 Å². The number of benzene rings is 2. The number of halogens is 1. The smallest absolute Gasteiger partial charge is 0.227 e. The zero-order chi connectivity index (χ0) is 22.1. The minimum Gasteiger partial charge on any atom is -0.494 e. The molecule has 0 radical (unpaired) electrons. The van der Waals surface area contributed by atoms with Crippen molar-refractivity contribution in [2.75, 3.05) is 18.5 Å². The van der Waals surface area contributed by atoms with Crippen LogP contribution in [0.4, 0.5) is 5.69 Å². The molecule has 0 spiro atoms. The lowest BCUT2D eigenvalue weighted by Gasteiger charge is -2.06. The number of ether oxygens (including phenoxy) is 1. The van der Waals surface area contributed by atoms with Crippen molar-refractivity contribution in [3.8, 4) is 17.1 Å². The summed E-state index contributed by atoms with van der Waals surface area (Å²) in [6, 6.07) is 14.7. The minimum absolute atomic E-state index is 0.167. The number of hydrogen-bond donors (Lipinski definition) is 2. The van der Waals surface area contributed by atoms with E-state index in [-0.39, 0.29) is 31.2 Å². The second-order valence-electron chi connectivity index (χ2n) is 6.62. The molecule has 0 atom stereocenters. The van der Waals surface area contributed by atoms with Crippen LogP contribution in [0.25, 0.3) is 11.4 Å². The van der Waals surface area contributed by atoms with Gasteiger partial charge in [0.25, 0.3) is 0 Å². The highest BCUT2D eigenvalue weighted by Gasteiger charge is 2.11. The SMILES string of the molecule is CCOc1ccc(-c2noc(CCC(=O)NCCC(=O)Nc3ccc(Br)cc3)n2)cc1. The summed E-state index contributed by atoms with van der Waals surface area (Å²) < 4.78 is 11.6. The fourth-order valence-electron chi connectivity index (χ4n) is 2.72. The van der Waals surface area contributed by atoms with Crippen LogP contribution in [0.2, 0.25) is 0 Å². The summed E-state index contributed by atoms with van der Waals surface area (Å²) in [7, 11) is 0. The molecule has 2 amide bonds. The van der Waals surface area contributed by atoms with Gasteiger partial charge in [0.2, 0.25) is 23.5 Å². The van der Waals surface area contributed by atoms with Gasteiger partial charge in [-0.3, -0.25) is 9.59 Å². The largest absolute Gasteiger partial charge is 0.494 e. The fourth-order valence-corrected chi connectivity index (χ4v) is 2.99. The third-order valence-electron chi connectivity index (χ3n) is 4.26. The number of hydrogen-bond acceptors (Lipinski definition) is 6. The second-order valence-corrected chi connectivity index (χ2v) is 7.54. The summed E-state index contributed by atoms with van der Waals surface area (Å²) >= 11 is 3.34. The highest BCUT2D eigenvalue weighted by Crippen LogP contribution is 2.20. The monoisotopic (exact) mass is 486 g/mol. The molecule has 2 aromatic carbocycles. The number of amides is 2. The van der Waals surface area contributed by atoms with Crippen LogP contribution in [-0.4, -0.2) is 35.1 Å². The standard InChI is InChI=1S/C22H23BrN4O4/c1-2-30-18-9-3-15(4-10-18)22-26-21(31-27-22)12-11-19(28)24-14-13-20(29)25-17-7-5-16(23)6-8-17/h3-10H,2,11-14H2,1H3,(H,24,28)(H,25,29). The number of rotatable bonds is 10. The van der Waals surface area contributed by atoms with Gasteiger partial charge in [0, 0.05) is 41.5 Å². The first-order valence-electron chi connectivity index (χ1n) is 9.91. The minimum atomic E-state index is -0.183. The number of anilines is 1. The Kier molecular flexibility index (Phi) is 8.17. The molecule has 0 saturated carbocycles. The molecule has 0 saturated heterocycles. The van der Waals surface area contributed by atoms with Crippen LogP contribution in [0.5, 0.6) is 5.75 Å². The number of carbonyl (C=O) groups excluding carboxylic acids is 2. The van der Waals surface area contributed by atoms with Crippen LogP contribution in [0, 0.1) is 0 Å². The van der Waals surface area contributed by atoms with E-state index in [1.165, 1.54) is 0 Å². The van der Waals surface area contributed by atoms with E-state index in [0.29, 0.717) is 30.4 Å². The predicted octanol–water partition coefficient (Wildman–Crippen LogP) is 3.98. The van der Waals surface area contributed by atoms with E-state index in [0.717, 1.165) is 15.8 Å². The maximum atomic E-state index is 12.0. The summed E-state index contributed by atoms with van der Waals surface area (Å²) in [6.07, 6.45) is 0.699. The molecule has 0 aliphatic carbocycles. The van der Waals surface area contributed by atoms with Crippen LogP contribution >= 0.6 is 15.9 Å². The highest BCUT2D eigenvalue weighted by atomic mass is 79.9. The third kappa shape index (κ3) is 7.21. The molecule has 0 bridgehead atoms. The number of aromatic nitrogens is 2. The van der Waals surface area contributed by atoms with Crippen molar-refractivity contribution >= 4 is 33.4 Å². The molecule has 8 nitrogen and oxygen atoms in total. The lowest BCUT2D eigenvalue weighted by atomic mass is 10.2. The third-order valence-corrected chi connectivity index (χ3v) is 4.79. The van der Waals surface area contributed by atoms with E-state index >= 15 is 0 Å². The van der Waals surface area contributed by atoms with Gasteiger partial charge in [-0.1, -0.05) is 21.1 Å². The lowest BCUT2D eigenvalue weighted by Crippen LogP contribution is -2.27. The number of aryl methyl sites for hydroxylation is 1. The Labute approximate surface area is 188 Å². The first kappa shape index (κ1) is 22.5. The Hall–Kier alpha value is -3.20. The van der Waals surface area contributed by atoms with Gasteiger partial charge in [-0.2, -0.15) is 4.98 Å². The number of nitrogens with one attached hydrogen (secondary N) is 2. The van der Waals surface area contributed by atoms with Crippen molar-refractivity contribution in [2.24, 2.45) is 0 Å². The molecule has 9 heteroatoms. The summed E-state index contributed by atoms with van der Waals surface area (Å²) in [5, 5.41) is 9.46. The van der Waals surface area contributed by atoms with Gasteiger partial charge in [0.15, 0.2) is 0 Å². The summed E-state index contributed by atoms with van der Waals surface area (Å²) in [6.45, 7) is 2.78. The van der Waals surface area contributed by atoms with Crippen molar-refractivity contribution in [1.82, 2.24) is 15.5 Å². The molecule has 1 aromatic heterocycles. The number of nitrogens with zero attached hydrogens (tertiary/aromatic N) is 2. The molecule has 0 aliphatic heterocycles. The Balaban J connectivity index is 1.38. The fraction of sp³-hybridized carbons (Fsp3) is 0.273. The maximum absolute atomic E-state index is 12.0. The molecule has 3 rings (SSSR count). The van der Waals surface area contributed by atoms with E-state index in [4.69, 9.17) is 9.26 Å². The van der Waals surface area contributed by atoms with Gasteiger partial charge < -0.3 is 19.9 Å². The average molecular weight is 487 g/mol. The van der Waals surface area contributed by atoms with Gasteiger partial charge in [-0.15, -0.1) is 0 Å². The Morgan fingerprint density at radius 2 is 1.77 bits per heavy atom. The molecule has 31 heavy (non-hydrogen) atoms. The molecular formula is C22H23BrN4O4. The van der Waals surface area contributed by atoms with E-state index in [1.807, 2.05) is 43.3 Å². The predicted molar refractivity (Wildman–Crippen MR) is 120 cm³/mol. The van der Waals surface area contributed by atoms with E-state index in [2.05, 4.69) is 36.7 Å². The number of carbonyl (C=O) groups is 2. The molecule has 1 heterocycles. The quantitative estimate of drug-likeness (QED) is 0.448. The van der Waals surface area contributed by atoms with E-state index < -0.39 is 0 Å². The van der Waals surface area contributed by atoms with Crippen LogP contribution < -0.4 is 15.4 Å². The Bertz CT molecular complexity index is 1000. The van der Waals surface area contributed by atoms with Crippen molar-refractivity contribution in [3.63, 3.8) is 0 Å². The molecular weight excluding hydrogens is 464 g/mol. The topological polar surface area (TPSA) is 106 Å². The molecule has 2 N–H and O–H groups in total. The van der Waals surface area contributed by atoms with Gasteiger partial charge in [-0.05, 0) is 55.5 Å². The maximum Gasteiger partial charge on any atom is 0.227 e. The van der Waals surface area contributed by atoms with Crippen LogP contribution in [0.1, 0.15) is 25.7 Å². The van der Waals surface area contributed by atoms with Crippen molar-refractivity contribution < 1.29 is 18.8 Å². The van der Waals surface area contributed by atoms with Crippen LogP contribution in [-0.2, 0) is 16.0 Å². The Morgan fingerprint density at radius 1 is 1.03 bits per heavy atom. The lowest BCUT2D eigenvalue weighted by molar-refractivity contribution is -0.121. The van der Waals surface area contributed by atoms with Crippen LogP contribution in [0.15, 0.2) is 57.5 Å². The Morgan fingerprint density at radius 3 is 2.48 bits per heavy atom. The van der Waals surface area contributed by atoms with Gasteiger partial charge in [0.05, 0.1) is 6.61 Å². The van der Waals surface area contributed by atoms with E-state index in [9.17, 15) is 9.59 Å². The highest BCUT2D eigenvalue weighted by molar-refractivity contribution is 9.10. The molecule has 0 unspecified atom stereocenters. The second kappa shape index (κ2) is 11.3. The van der Waals surface area contributed by atoms with Crippen molar-refractivity contribution in [2.45, 2.75) is 26.2 Å². The molecule has 3 aromatic rings.